The lowest BCUT2D eigenvalue weighted by Crippen LogP contribution is -2.34. The Bertz CT molecular complexity index is 1130. The maximum atomic E-state index is 12.8. The Balaban J connectivity index is 1.44. The molecule has 2 atom stereocenters. The number of nitrogens with one attached hydrogen (secondary N) is 1. The molecule has 0 saturated carbocycles. The number of carbonyl (C=O) groups excluding carboxylic acids is 2. The quantitative estimate of drug-likeness (QED) is 0.715. The van der Waals surface area contributed by atoms with Crippen molar-refractivity contribution in [2.45, 2.75) is 24.3 Å². The van der Waals surface area contributed by atoms with Crippen LogP contribution in [-0.4, -0.2) is 40.0 Å². The highest BCUT2D eigenvalue weighted by Gasteiger charge is 2.36. The zero-order valence-electron chi connectivity index (χ0n) is 16.9. The average molecular weight is 445 g/mol. The van der Waals surface area contributed by atoms with E-state index in [0.29, 0.717) is 36.0 Å². The molecule has 0 aliphatic carbocycles. The zero-order chi connectivity index (χ0) is 22.2. The van der Waals surface area contributed by atoms with E-state index in [0.717, 1.165) is 0 Å². The number of ether oxygens (including phenoxy) is 2. The van der Waals surface area contributed by atoms with Crippen molar-refractivity contribution in [3.05, 3.63) is 48.0 Å². The molecule has 164 valence electrons. The van der Waals surface area contributed by atoms with Crippen LogP contribution in [0.4, 0.5) is 5.69 Å². The number of benzene rings is 2. The summed E-state index contributed by atoms with van der Waals surface area (Å²) in [6.07, 6.45) is 0.0875. The van der Waals surface area contributed by atoms with Crippen LogP contribution in [0.15, 0.2) is 47.4 Å². The number of anilines is 1. The van der Waals surface area contributed by atoms with E-state index in [1.807, 2.05) is 0 Å². The summed E-state index contributed by atoms with van der Waals surface area (Å²) >= 11 is 0. The Hall–Kier alpha value is -3.11. The summed E-state index contributed by atoms with van der Waals surface area (Å²) in [5.74, 6) is 0.256. The van der Waals surface area contributed by atoms with E-state index in [1.54, 1.807) is 42.2 Å². The molecule has 4 rings (SSSR count). The molecular formula is C21H23N3O6S. The molecule has 2 aliphatic rings. The van der Waals surface area contributed by atoms with Crippen molar-refractivity contribution < 1.29 is 27.5 Å². The molecule has 2 aromatic carbocycles. The van der Waals surface area contributed by atoms with Gasteiger partial charge in [0.15, 0.2) is 11.5 Å². The van der Waals surface area contributed by atoms with E-state index >= 15 is 0 Å². The number of rotatable bonds is 5. The maximum Gasteiger partial charge on any atom is 0.238 e. The minimum absolute atomic E-state index is 0.0214. The molecule has 0 radical (unpaired) electrons. The monoisotopic (exact) mass is 445 g/mol. The summed E-state index contributed by atoms with van der Waals surface area (Å²) in [6, 6.07) is 10.9. The summed E-state index contributed by atoms with van der Waals surface area (Å²) in [4.78, 5) is 26.9. The number of hydrogen-bond acceptors (Lipinski definition) is 6. The van der Waals surface area contributed by atoms with Gasteiger partial charge >= 0.3 is 0 Å². The van der Waals surface area contributed by atoms with E-state index in [1.165, 1.54) is 12.1 Å². The fourth-order valence-corrected chi connectivity index (χ4v) is 4.28. The molecule has 31 heavy (non-hydrogen) atoms. The molecule has 0 bridgehead atoms. The zero-order valence-corrected chi connectivity index (χ0v) is 17.7. The molecule has 2 aliphatic heterocycles. The number of fused-ring (bicyclic) bond motifs is 1. The van der Waals surface area contributed by atoms with Crippen LogP contribution in [0.25, 0.3) is 0 Å². The van der Waals surface area contributed by atoms with Crippen molar-refractivity contribution >= 4 is 27.5 Å². The Morgan fingerprint density at radius 3 is 2.65 bits per heavy atom. The van der Waals surface area contributed by atoms with Gasteiger partial charge in [-0.3, -0.25) is 9.59 Å². The van der Waals surface area contributed by atoms with Gasteiger partial charge in [-0.05, 0) is 36.8 Å². The van der Waals surface area contributed by atoms with Crippen molar-refractivity contribution in [1.29, 1.82) is 0 Å². The van der Waals surface area contributed by atoms with Crippen molar-refractivity contribution in [2.75, 3.05) is 24.7 Å². The van der Waals surface area contributed by atoms with Crippen molar-refractivity contribution in [3.63, 3.8) is 0 Å². The smallest absolute Gasteiger partial charge is 0.238 e. The minimum Gasteiger partial charge on any atom is -0.486 e. The summed E-state index contributed by atoms with van der Waals surface area (Å²) in [5.41, 5.74) is 1.26. The van der Waals surface area contributed by atoms with Crippen LogP contribution >= 0.6 is 0 Å². The Labute approximate surface area is 180 Å². The molecule has 1 fully saturated rings. The van der Waals surface area contributed by atoms with Gasteiger partial charge in [-0.1, -0.05) is 12.1 Å². The molecule has 0 spiro atoms. The Morgan fingerprint density at radius 2 is 1.90 bits per heavy atom. The lowest BCUT2D eigenvalue weighted by Gasteiger charge is -2.22. The standard InChI is InChI=1S/C21H23N3O6S/c1-13(14-3-2-4-17(9-14)31(22,27)28)23-21(26)15-10-20(25)24(12-15)16-5-6-18-19(11-16)30-8-7-29-18/h2-6,9,11,13,15H,7-8,10,12H2,1H3,(H,23,26)(H2,22,27,28). The topological polar surface area (TPSA) is 128 Å². The number of nitrogens with zero attached hydrogens (tertiary/aromatic N) is 1. The largest absolute Gasteiger partial charge is 0.486 e. The van der Waals surface area contributed by atoms with Crippen molar-refractivity contribution in [1.82, 2.24) is 5.32 Å². The van der Waals surface area contributed by atoms with Crippen molar-refractivity contribution in [2.24, 2.45) is 11.1 Å². The predicted octanol–water partition coefficient (Wildman–Crippen LogP) is 1.34. The van der Waals surface area contributed by atoms with Gasteiger partial charge in [-0.15, -0.1) is 0 Å². The summed E-state index contributed by atoms with van der Waals surface area (Å²) in [7, 11) is -3.84. The van der Waals surface area contributed by atoms with E-state index in [-0.39, 0.29) is 29.7 Å². The lowest BCUT2D eigenvalue weighted by molar-refractivity contribution is -0.126. The third-order valence-electron chi connectivity index (χ3n) is 5.38. The van der Waals surface area contributed by atoms with Gasteiger partial charge in [0.25, 0.3) is 0 Å². The van der Waals surface area contributed by atoms with Gasteiger partial charge in [0.1, 0.15) is 13.2 Å². The van der Waals surface area contributed by atoms with E-state index < -0.39 is 22.0 Å². The fraction of sp³-hybridized carbons (Fsp3) is 0.333. The van der Waals surface area contributed by atoms with Crippen LogP contribution in [0.2, 0.25) is 0 Å². The average Bonchev–Trinajstić information content (AvgIpc) is 3.14. The van der Waals surface area contributed by atoms with Gasteiger partial charge < -0.3 is 19.7 Å². The molecule has 2 unspecified atom stereocenters. The highest BCUT2D eigenvalue weighted by molar-refractivity contribution is 7.89. The highest BCUT2D eigenvalue weighted by atomic mass is 32.2. The van der Waals surface area contributed by atoms with Crippen LogP contribution in [0, 0.1) is 5.92 Å². The van der Waals surface area contributed by atoms with Gasteiger partial charge in [0.05, 0.1) is 16.9 Å². The Kier molecular flexibility index (Phi) is 5.59. The van der Waals surface area contributed by atoms with E-state index in [9.17, 15) is 18.0 Å². The van der Waals surface area contributed by atoms with Crippen LogP contribution in [0.3, 0.4) is 0 Å². The molecule has 10 heteroatoms. The number of hydrogen-bond donors (Lipinski definition) is 2. The van der Waals surface area contributed by atoms with Crippen molar-refractivity contribution in [3.8, 4) is 11.5 Å². The van der Waals surface area contributed by atoms with Crippen LogP contribution in [0.5, 0.6) is 11.5 Å². The summed E-state index contributed by atoms with van der Waals surface area (Å²) in [6.45, 7) is 2.92. The molecule has 1 saturated heterocycles. The van der Waals surface area contributed by atoms with Gasteiger partial charge in [0.2, 0.25) is 21.8 Å². The second-order valence-electron chi connectivity index (χ2n) is 7.58. The second kappa shape index (κ2) is 8.20. The first kappa shape index (κ1) is 21.1. The summed E-state index contributed by atoms with van der Waals surface area (Å²) in [5, 5.41) is 8.04. The van der Waals surface area contributed by atoms with Crippen LogP contribution < -0.4 is 24.8 Å². The number of nitrogens with two attached hydrogens (primary N) is 1. The van der Waals surface area contributed by atoms with Gasteiger partial charge in [0, 0.05) is 24.7 Å². The lowest BCUT2D eigenvalue weighted by atomic mass is 10.1. The summed E-state index contributed by atoms with van der Waals surface area (Å²) < 4.78 is 34.2. The Morgan fingerprint density at radius 1 is 1.16 bits per heavy atom. The third kappa shape index (κ3) is 4.49. The van der Waals surface area contributed by atoms with E-state index in [2.05, 4.69) is 5.32 Å². The SMILES string of the molecule is CC(NC(=O)C1CC(=O)N(c2ccc3c(c2)OCCO3)C1)c1cccc(S(N)(=O)=O)c1. The first-order chi connectivity index (χ1) is 14.7. The molecule has 2 aromatic rings. The number of amides is 2. The maximum absolute atomic E-state index is 12.8. The first-order valence-electron chi connectivity index (χ1n) is 9.85. The molecular weight excluding hydrogens is 422 g/mol. The number of primary sulfonamides is 1. The molecule has 3 N–H and O–H groups in total. The molecule has 2 amide bonds. The van der Waals surface area contributed by atoms with Gasteiger partial charge in [-0.2, -0.15) is 0 Å². The fourth-order valence-electron chi connectivity index (χ4n) is 3.71. The first-order valence-corrected chi connectivity index (χ1v) is 11.4. The minimum atomic E-state index is -3.84. The van der Waals surface area contributed by atoms with Crippen LogP contribution in [0.1, 0.15) is 24.9 Å². The molecule has 9 nitrogen and oxygen atoms in total. The number of carbonyl (C=O) groups is 2. The highest BCUT2D eigenvalue weighted by Crippen LogP contribution is 2.36. The number of sulfonamides is 1. The second-order valence-corrected chi connectivity index (χ2v) is 9.14. The predicted molar refractivity (Wildman–Crippen MR) is 112 cm³/mol. The van der Waals surface area contributed by atoms with Crippen LogP contribution in [-0.2, 0) is 19.6 Å². The molecule has 2 heterocycles. The van der Waals surface area contributed by atoms with Gasteiger partial charge in [-0.25, -0.2) is 13.6 Å². The third-order valence-corrected chi connectivity index (χ3v) is 6.29. The normalized spacial score (nSPS) is 19.2. The van der Waals surface area contributed by atoms with E-state index in [4.69, 9.17) is 14.6 Å². The molecule has 0 aromatic heterocycles.